The number of nitrogens with zero attached hydrogens (tertiary/aromatic N) is 1. The van der Waals surface area contributed by atoms with E-state index in [2.05, 4.69) is 26.3 Å². The molecule has 0 fully saturated rings. The molecule has 1 unspecified atom stereocenters. The van der Waals surface area contributed by atoms with E-state index in [0.29, 0.717) is 15.9 Å². The van der Waals surface area contributed by atoms with Gasteiger partial charge in [-0.05, 0) is 35.7 Å². The molecule has 0 bridgehead atoms. The molecule has 3 N–H and O–H groups in total. The summed E-state index contributed by atoms with van der Waals surface area (Å²) < 4.78 is 13.8. The van der Waals surface area contributed by atoms with Crippen molar-refractivity contribution in [2.75, 3.05) is 0 Å². The summed E-state index contributed by atoms with van der Waals surface area (Å²) in [5, 5.41) is 0.584. The Balaban J connectivity index is 2.28. The van der Waals surface area contributed by atoms with Crippen molar-refractivity contribution in [1.82, 2.24) is 10.4 Å². The Kier molecular flexibility index (Phi) is 4.87. The summed E-state index contributed by atoms with van der Waals surface area (Å²) >= 11 is 9.41. The average molecular weight is 345 g/mol. The molecule has 0 saturated heterocycles. The number of hydrogen-bond acceptors (Lipinski definition) is 3. The van der Waals surface area contributed by atoms with Crippen LogP contribution in [-0.2, 0) is 6.42 Å². The number of halogens is 3. The molecule has 1 aromatic heterocycles. The molecule has 0 aliphatic heterocycles. The fourth-order valence-electron chi connectivity index (χ4n) is 1.83. The van der Waals surface area contributed by atoms with E-state index in [1.807, 2.05) is 6.07 Å². The van der Waals surface area contributed by atoms with Crippen molar-refractivity contribution in [3.05, 3.63) is 63.1 Å². The summed E-state index contributed by atoms with van der Waals surface area (Å²) in [6.07, 6.45) is 3.85. The molecule has 0 spiro atoms. The van der Waals surface area contributed by atoms with Crippen molar-refractivity contribution in [3.63, 3.8) is 0 Å². The van der Waals surface area contributed by atoms with Crippen LogP contribution in [-0.4, -0.2) is 4.98 Å². The van der Waals surface area contributed by atoms with E-state index in [1.54, 1.807) is 18.5 Å². The molecule has 0 aliphatic carbocycles. The fourth-order valence-corrected chi connectivity index (χ4v) is 2.66. The van der Waals surface area contributed by atoms with Gasteiger partial charge in [0.25, 0.3) is 0 Å². The molecule has 0 saturated carbocycles. The highest BCUT2D eigenvalue weighted by Crippen LogP contribution is 2.28. The van der Waals surface area contributed by atoms with Gasteiger partial charge in [-0.2, -0.15) is 0 Å². The molecule has 2 rings (SSSR count). The maximum Gasteiger partial charge on any atom is 0.124 e. The first kappa shape index (κ1) is 14.4. The van der Waals surface area contributed by atoms with Gasteiger partial charge in [0.1, 0.15) is 5.82 Å². The molecule has 3 nitrogen and oxygen atoms in total. The van der Waals surface area contributed by atoms with Gasteiger partial charge in [0.2, 0.25) is 0 Å². The van der Waals surface area contributed by atoms with Crippen molar-refractivity contribution in [3.8, 4) is 0 Å². The first-order chi connectivity index (χ1) is 9.11. The van der Waals surface area contributed by atoms with Gasteiger partial charge in [-0.15, -0.1) is 0 Å². The minimum Gasteiger partial charge on any atom is -0.271 e. The van der Waals surface area contributed by atoms with Gasteiger partial charge >= 0.3 is 0 Å². The van der Waals surface area contributed by atoms with Crippen LogP contribution in [0.25, 0.3) is 0 Å². The van der Waals surface area contributed by atoms with Crippen LogP contribution >= 0.6 is 27.5 Å². The van der Waals surface area contributed by atoms with E-state index in [4.69, 9.17) is 17.4 Å². The zero-order valence-electron chi connectivity index (χ0n) is 9.91. The van der Waals surface area contributed by atoms with E-state index < -0.39 is 0 Å². The number of benzene rings is 1. The largest absolute Gasteiger partial charge is 0.271 e. The number of hydrazine groups is 1. The summed E-state index contributed by atoms with van der Waals surface area (Å²) in [5.41, 5.74) is 4.52. The first-order valence-electron chi connectivity index (χ1n) is 5.61. The van der Waals surface area contributed by atoms with Crippen molar-refractivity contribution in [2.24, 2.45) is 5.84 Å². The predicted molar refractivity (Wildman–Crippen MR) is 77.1 cm³/mol. The highest BCUT2D eigenvalue weighted by molar-refractivity contribution is 9.10. The minimum absolute atomic E-state index is 0.171. The minimum atomic E-state index is -0.298. The standard InChI is InChI=1S/C13H12BrClFN3/c14-11-6-9(16)1-2-10(11)13(19-17)5-8-3-4-18-7-12(8)15/h1-4,6-7,13,19H,5,17H2. The first-order valence-corrected chi connectivity index (χ1v) is 6.78. The molecule has 1 atom stereocenters. The monoisotopic (exact) mass is 343 g/mol. The Bertz CT molecular complexity index is 580. The number of rotatable bonds is 4. The SMILES string of the molecule is NNC(Cc1ccncc1Cl)c1ccc(F)cc1Br. The highest BCUT2D eigenvalue weighted by Gasteiger charge is 2.15. The van der Waals surface area contributed by atoms with Crippen molar-refractivity contribution in [2.45, 2.75) is 12.5 Å². The second kappa shape index (κ2) is 6.43. The number of pyridine rings is 1. The van der Waals surface area contributed by atoms with Crippen LogP contribution in [0.15, 0.2) is 41.1 Å². The smallest absolute Gasteiger partial charge is 0.124 e. The van der Waals surface area contributed by atoms with Crippen molar-refractivity contribution >= 4 is 27.5 Å². The Morgan fingerprint density at radius 2 is 2.21 bits per heavy atom. The van der Waals surface area contributed by atoms with E-state index in [0.717, 1.165) is 11.1 Å². The van der Waals surface area contributed by atoms with Gasteiger partial charge in [0.05, 0.1) is 11.1 Å². The second-order valence-electron chi connectivity index (χ2n) is 4.06. The quantitative estimate of drug-likeness (QED) is 0.660. The van der Waals surface area contributed by atoms with Gasteiger partial charge < -0.3 is 0 Å². The number of nitrogens with two attached hydrogens (primary N) is 1. The maximum atomic E-state index is 13.1. The zero-order chi connectivity index (χ0) is 13.8. The molecule has 6 heteroatoms. The average Bonchev–Trinajstić information content (AvgIpc) is 2.39. The number of aromatic nitrogens is 1. The number of hydrogen-bond donors (Lipinski definition) is 2. The lowest BCUT2D eigenvalue weighted by molar-refractivity contribution is 0.547. The van der Waals surface area contributed by atoms with Gasteiger partial charge in [0.15, 0.2) is 0 Å². The lowest BCUT2D eigenvalue weighted by Gasteiger charge is -2.18. The third kappa shape index (κ3) is 3.51. The summed E-state index contributed by atoms with van der Waals surface area (Å²) in [6, 6.07) is 6.17. The molecule has 0 aliphatic rings. The van der Waals surface area contributed by atoms with Crippen LogP contribution in [0, 0.1) is 5.82 Å². The molecule has 0 amide bonds. The predicted octanol–water partition coefficient (Wildman–Crippen LogP) is 3.38. The third-order valence-corrected chi connectivity index (χ3v) is 3.85. The fraction of sp³-hybridized carbons (Fsp3) is 0.154. The second-order valence-corrected chi connectivity index (χ2v) is 5.32. The van der Waals surface area contributed by atoms with E-state index in [-0.39, 0.29) is 11.9 Å². The molecular weight excluding hydrogens is 333 g/mol. The van der Waals surface area contributed by atoms with Crippen LogP contribution in [0.1, 0.15) is 17.2 Å². The topological polar surface area (TPSA) is 50.9 Å². The highest BCUT2D eigenvalue weighted by atomic mass is 79.9. The third-order valence-electron chi connectivity index (χ3n) is 2.82. The van der Waals surface area contributed by atoms with E-state index in [9.17, 15) is 4.39 Å². The molecule has 1 heterocycles. The van der Waals surface area contributed by atoms with Crippen molar-refractivity contribution in [1.29, 1.82) is 0 Å². The summed E-state index contributed by atoms with van der Waals surface area (Å²) in [4.78, 5) is 3.94. The summed E-state index contributed by atoms with van der Waals surface area (Å²) in [6.45, 7) is 0. The molecular formula is C13H12BrClFN3. The Hall–Kier alpha value is -1.01. The summed E-state index contributed by atoms with van der Waals surface area (Å²) in [5.74, 6) is 5.29. The van der Waals surface area contributed by atoms with Gasteiger partial charge in [0, 0.05) is 16.9 Å². The molecule has 19 heavy (non-hydrogen) atoms. The van der Waals surface area contributed by atoms with Gasteiger partial charge in [-0.3, -0.25) is 16.3 Å². The Labute approximate surface area is 124 Å². The molecule has 0 radical (unpaired) electrons. The summed E-state index contributed by atoms with van der Waals surface area (Å²) in [7, 11) is 0. The van der Waals surface area contributed by atoms with Gasteiger partial charge in [-0.1, -0.05) is 33.6 Å². The molecule has 100 valence electrons. The lowest BCUT2D eigenvalue weighted by atomic mass is 10.00. The zero-order valence-corrected chi connectivity index (χ0v) is 12.2. The lowest BCUT2D eigenvalue weighted by Crippen LogP contribution is -2.30. The Morgan fingerprint density at radius 3 is 2.84 bits per heavy atom. The van der Waals surface area contributed by atoms with Crippen LogP contribution < -0.4 is 11.3 Å². The van der Waals surface area contributed by atoms with Crippen molar-refractivity contribution < 1.29 is 4.39 Å². The normalized spacial score (nSPS) is 12.4. The van der Waals surface area contributed by atoms with Crippen LogP contribution in [0.2, 0.25) is 5.02 Å². The van der Waals surface area contributed by atoms with Crippen LogP contribution in [0.3, 0.4) is 0 Å². The van der Waals surface area contributed by atoms with Crippen LogP contribution in [0.5, 0.6) is 0 Å². The Morgan fingerprint density at radius 1 is 1.42 bits per heavy atom. The van der Waals surface area contributed by atoms with E-state index in [1.165, 1.54) is 12.1 Å². The van der Waals surface area contributed by atoms with E-state index >= 15 is 0 Å². The van der Waals surface area contributed by atoms with Crippen LogP contribution in [0.4, 0.5) is 4.39 Å². The molecule has 1 aromatic carbocycles. The maximum absolute atomic E-state index is 13.1. The van der Waals surface area contributed by atoms with Gasteiger partial charge in [-0.25, -0.2) is 4.39 Å². The molecule has 2 aromatic rings. The number of nitrogens with one attached hydrogen (secondary N) is 1.